The van der Waals surface area contributed by atoms with Crippen LogP contribution in [0.1, 0.15) is 0 Å². The molecule has 0 aliphatic carbocycles. The van der Waals surface area contributed by atoms with Crippen LogP contribution in [0.5, 0.6) is 0 Å². The molecule has 0 aromatic carbocycles. The molecular formula is CaI5-3. The van der Waals surface area contributed by atoms with Crippen LogP contribution in [0.25, 0.3) is 0 Å². The number of hydrogen-bond donors (Lipinski definition) is 0. The van der Waals surface area contributed by atoms with Gasteiger partial charge in [0.2, 0.25) is 0 Å². The predicted octanol–water partition coefficient (Wildman–Crippen LogP) is -15.4. The van der Waals surface area contributed by atoms with Gasteiger partial charge in [0, 0.05) is 0 Å². The summed E-state index contributed by atoms with van der Waals surface area (Å²) in [6.45, 7) is 0. The van der Waals surface area contributed by atoms with Crippen LogP contribution in [-0.4, -0.2) is 37.7 Å². The molecule has 40 valence electrons. The molecule has 0 aliphatic heterocycles. The van der Waals surface area contributed by atoms with Gasteiger partial charge in [-0.1, -0.05) is 0 Å². The first-order valence-corrected chi connectivity index (χ1v) is 0. The number of halogens is 5. The Morgan fingerprint density at radius 2 is 0.333 bits per heavy atom. The van der Waals surface area contributed by atoms with Crippen LogP contribution in [0.4, 0.5) is 0 Å². The van der Waals surface area contributed by atoms with Crippen molar-refractivity contribution >= 4 is 37.7 Å². The largest absolute Gasteiger partial charge is 2.00 e. The van der Waals surface area contributed by atoms with Gasteiger partial charge < -0.3 is 120 Å². The Morgan fingerprint density at radius 3 is 0.333 bits per heavy atom. The van der Waals surface area contributed by atoms with Gasteiger partial charge in [-0.15, -0.1) is 0 Å². The van der Waals surface area contributed by atoms with Crippen molar-refractivity contribution in [2.24, 2.45) is 0 Å². The van der Waals surface area contributed by atoms with Crippen molar-refractivity contribution in [3.63, 3.8) is 0 Å². The summed E-state index contributed by atoms with van der Waals surface area (Å²) in [5.74, 6) is 0. The van der Waals surface area contributed by atoms with Crippen LogP contribution >= 0.6 is 0 Å². The topological polar surface area (TPSA) is 0 Å². The first-order chi connectivity index (χ1) is 0. The molecule has 0 aliphatic rings. The molecule has 6 heavy (non-hydrogen) atoms. The fourth-order valence-corrected chi connectivity index (χ4v) is 0. The smallest absolute Gasteiger partial charge is 1.00 e. The third-order valence-electron chi connectivity index (χ3n) is 0. The average Bonchev–Trinajstić information content (AvgIpc) is 0. The molecule has 0 heterocycles. The van der Waals surface area contributed by atoms with E-state index in [4.69, 9.17) is 0 Å². The van der Waals surface area contributed by atoms with Gasteiger partial charge >= 0.3 is 37.7 Å². The van der Waals surface area contributed by atoms with Gasteiger partial charge in [0.15, 0.2) is 0 Å². The van der Waals surface area contributed by atoms with Crippen molar-refractivity contribution in [1.82, 2.24) is 0 Å². The van der Waals surface area contributed by atoms with E-state index in [9.17, 15) is 0 Å². The Balaban J connectivity index is 0. The third-order valence-corrected chi connectivity index (χ3v) is 0. The molecule has 0 aromatic rings. The van der Waals surface area contributed by atoms with Crippen molar-refractivity contribution < 1.29 is 120 Å². The summed E-state index contributed by atoms with van der Waals surface area (Å²) in [7, 11) is 0. The minimum atomic E-state index is 0. The standard InChI is InChI=1S/Ca.5HI/h;5*1H/q+2;;;;;/p-5. The molecule has 0 bridgehead atoms. The van der Waals surface area contributed by atoms with Crippen LogP contribution < -0.4 is 120 Å². The van der Waals surface area contributed by atoms with Crippen molar-refractivity contribution in [2.45, 2.75) is 0 Å². The average molecular weight is 675 g/mol. The molecule has 0 unspecified atom stereocenters. The number of hydrogen-bond acceptors (Lipinski definition) is 0. The molecule has 0 N–H and O–H groups in total. The molecule has 0 rings (SSSR count). The van der Waals surface area contributed by atoms with Gasteiger partial charge in [-0.3, -0.25) is 0 Å². The monoisotopic (exact) mass is 674 g/mol. The quantitative estimate of drug-likeness (QED) is 0.177. The second-order valence-corrected chi connectivity index (χ2v) is 0. The van der Waals surface area contributed by atoms with Crippen LogP contribution in [0.2, 0.25) is 0 Å². The van der Waals surface area contributed by atoms with Crippen molar-refractivity contribution in [3.8, 4) is 0 Å². The van der Waals surface area contributed by atoms with Gasteiger partial charge in [-0.2, -0.15) is 0 Å². The van der Waals surface area contributed by atoms with E-state index in [0.717, 1.165) is 0 Å². The molecule has 0 spiro atoms. The summed E-state index contributed by atoms with van der Waals surface area (Å²) < 4.78 is 0. The number of rotatable bonds is 0. The first kappa shape index (κ1) is 44.4. The van der Waals surface area contributed by atoms with Crippen LogP contribution in [0.3, 0.4) is 0 Å². The zero-order valence-electron chi connectivity index (χ0n) is 2.60. The Bertz CT molecular complexity index is 3.90. The SMILES string of the molecule is [Ca+2].[I-].[I-].[I-].[I-].[I-]. The van der Waals surface area contributed by atoms with Gasteiger partial charge in [0.05, 0.1) is 0 Å². The Hall–Kier alpha value is 4.91. The molecule has 0 saturated heterocycles. The van der Waals surface area contributed by atoms with E-state index in [1.165, 1.54) is 0 Å². The third kappa shape index (κ3) is 23.1. The maximum Gasteiger partial charge on any atom is 2.00 e. The van der Waals surface area contributed by atoms with Gasteiger partial charge in [0.1, 0.15) is 0 Å². The molecule has 0 amide bonds. The van der Waals surface area contributed by atoms with Crippen LogP contribution in [0, 0.1) is 0 Å². The van der Waals surface area contributed by atoms with Crippen LogP contribution in [-0.2, 0) is 0 Å². The second-order valence-electron chi connectivity index (χ2n) is 0. The van der Waals surface area contributed by atoms with E-state index in [1.54, 1.807) is 0 Å². The zero-order valence-corrected chi connectivity index (χ0v) is 15.6. The fourth-order valence-electron chi connectivity index (χ4n) is 0. The zero-order chi connectivity index (χ0) is 0. The van der Waals surface area contributed by atoms with Crippen molar-refractivity contribution in [3.05, 3.63) is 0 Å². The summed E-state index contributed by atoms with van der Waals surface area (Å²) in [6.07, 6.45) is 0. The van der Waals surface area contributed by atoms with E-state index < -0.39 is 0 Å². The fraction of sp³-hybridized carbons (Fsp3) is 0. The van der Waals surface area contributed by atoms with E-state index in [2.05, 4.69) is 0 Å². The van der Waals surface area contributed by atoms with Crippen LogP contribution in [0.15, 0.2) is 0 Å². The van der Waals surface area contributed by atoms with Crippen molar-refractivity contribution in [2.75, 3.05) is 0 Å². The molecule has 0 nitrogen and oxygen atoms in total. The Kier molecular flexibility index (Phi) is 242. The molecule has 0 saturated carbocycles. The summed E-state index contributed by atoms with van der Waals surface area (Å²) in [5.41, 5.74) is 0. The van der Waals surface area contributed by atoms with Crippen molar-refractivity contribution in [1.29, 1.82) is 0 Å². The summed E-state index contributed by atoms with van der Waals surface area (Å²) in [5, 5.41) is 0. The molecular weight excluding hydrogens is 675 g/mol. The molecule has 0 aromatic heterocycles. The Labute approximate surface area is 153 Å². The summed E-state index contributed by atoms with van der Waals surface area (Å²) in [6, 6.07) is 0. The van der Waals surface area contributed by atoms with E-state index in [0.29, 0.717) is 0 Å². The summed E-state index contributed by atoms with van der Waals surface area (Å²) in [4.78, 5) is 0. The second kappa shape index (κ2) is 32.6. The molecule has 0 fully saturated rings. The van der Waals surface area contributed by atoms with Gasteiger partial charge in [-0.05, 0) is 0 Å². The first-order valence-electron chi connectivity index (χ1n) is 0. The molecule has 0 atom stereocenters. The van der Waals surface area contributed by atoms with Gasteiger partial charge in [-0.25, -0.2) is 0 Å². The summed E-state index contributed by atoms with van der Waals surface area (Å²) >= 11 is 0. The minimum Gasteiger partial charge on any atom is -1.00 e. The van der Waals surface area contributed by atoms with E-state index >= 15 is 0 Å². The van der Waals surface area contributed by atoms with E-state index in [1.807, 2.05) is 0 Å². The predicted molar refractivity (Wildman–Crippen MR) is 5.75 cm³/mol. The van der Waals surface area contributed by atoms with Gasteiger partial charge in [0.25, 0.3) is 0 Å². The minimum absolute atomic E-state index is 0. The maximum absolute atomic E-state index is 0. The normalized spacial score (nSPS) is 0. The molecule has 6 heteroatoms. The maximum atomic E-state index is 0. The molecule has 0 radical (unpaired) electrons. The van der Waals surface area contributed by atoms with E-state index in [-0.39, 0.29) is 158 Å². The Morgan fingerprint density at radius 1 is 0.333 bits per heavy atom.